The Morgan fingerprint density at radius 3 is 2.59 bits per heavy atom. The van der Waals surface area contributed by atoms with Gasteiger partial charge in [0.25, 0.3) is 0 Å². The van der Waals surface area contributed by atoms with Crippen LogP contribution in [0.2, 0.25) is 0 Å². The number of nitrogens with two attached hydrogens (primary N) is 1. The van der Waals surface area contributed by atoms with E-state index in [0.717, 1.165) is 36.3 Å². The van der Waals surface area contributed by atoms with E-state index in [-0.39, 0.29) is 11.0 Å². The SMILES string of the molecule is CC(C)(C)O[C@@H]1CC[C@@]2(C)C(=CC[C@@H]3[C@@H]2CC[C@]2(C)C(c4ccc5c(c4)CN=C5N)=CC[C@@H]32)C1. The highest BCUT2D eigenvalue weighted by atomic mass is 16.5. The fraction of sp³-hybridized carbons (Fsp3) is 0.645. The van der Waals surface area contributed by atoms with Crippen molar-refractivity contribution in [2.45, 2.75) is 97.8 Å². The maximum atomic E-state index is 6.43. The number of hydrogen-bond donors (Lipinski definition) is 1. The van der Waals surface area contributed by atoms with Crippen LogP contribution in [0.1, 0.15) is 96.3 Å². The van der Waals surface area contributed by atoms with Gasteiger partial charge in [0.2, 0.25) is 0 Å². The molecule has 1 aromatic carbocycles. The first-order chi connectivity index (χ1) is 16.1. The predicted molar refractivity (Wildman–Crippen MR) is 141 cm³/mol. The van der Waals surface area contributed by atoms with Crippen molar-refractivity contribution in [2.24, 2.45) is 39.3 Å². The number of allylic oxidation sites excluding steroid dienone is 3. The van der Waals surface area contributed by atoms with Gasteiger partial charge < -0.3 is 10.5 Å². The molecule has 0 amide bonds. The van der Waals surface area contributed by atoms with E-state index in [2.05, 4.69) is 70.0 Å². The minimum absolute atomic E-state index is 0.0514. The molecule has 2 fully saturated rings. The Kier molecular flexibility index (Phi) is 5.02. The number of nitrogens with zero attached hydrogens (tertiary/aromatic N) is 1. The Labute approximate surface area is 205 Å². The Morgan fingerprint density at radius 2 is 1.79 bits per heavy atom. The second-order valence-electron chi connectivity index (χ2n) is 13.2. The molecule has 3 heteroatoms. The van der Waals surface area contributed by atoms with Crippen molar-refractivity contribution < 1.29 is 4.74 Å². The zero-order chi connectivity index (χ0) is 23.9. The van der Waals surface area contributed by atoms with Gasteiger partial charge in [-0.3, -0.25) is 4.99 Å². The summed E-state index contributed by atoms with van der Waals surface area (Å²) in [6, 6.07) is 6.88. The van der Waals surface area contributed by atoms with Crippen LogP contribution in [0, 0.1) is 28.6 Å². The van der Waals surface area contributed by atoms with Crippen molar-refractivity contribution in [3.05, 3.63) is 52.6 Å². The lowest BCUT2D eigenvalue weighted by molar-refractivity contribution is -0.0894. The zero-order valence-corrected chi connectivity index (χ0v) is 21.8. The first-order valence-corrected chi connectivity index (χ1v) is 13.6. The van der Waals surface area contributed by atoms with Crippen molar-refractivity contribution in [1.29, 1.82) is 0 Å². The fourth-order valence-corrected chi connectivity index (χ4v) is 8.64. The smallest absolute Gasteiger partial charge is 0.126 e. The molecule has 5 aliphatic rings. The van der Waals surface area contributed by atoms with Gasteiger partial charge in [0, 0.05) is 5.56 Å². The molecule has 0 bridgehead atoms. The minimum atomic E-state index is -0.0514. The zero-order valence-electron chi connectivity index (χ0n) is 21.8. The minimum Gasteiger partial charge on any atom is -0.383 e. The van der Waals surface area contributed by atoms with Crippen LogP contribution in [0.3, 0.4) is 0 Å². The quantitative estimate of drug-likeness (QED) is 0.483. The van der Waals surface area contributed by atoms with Crippen LogP contribution in [0.25, 0.3) is 5.57 Å². The third-order valence-electron chi connectivity index (χ3n) is 10.3. The largest absolute Gasteiger partial charge is 0.383 e. The lowest BCUT2D eigenvalue weighted by Crippen LogP contribution is -2.50. The highest BCUT2D eigenvalue weighted by Crippen LogP contribution is 2.66. The van der Waals surface area contributed by atoms with Gasteiger partial charge in [0.1, 0.15) is 5.84 Å². The molecular formula is C31H42N2O. The summed E-state index contributed by atoms with van der Waals surface area (Å²) in [6.07, 6.45) is 14.4. The number of aliphatic imine (C=N–C) groups is 1. The average molecular weight is 459 g/mol. The molecule has 34 heavy (non-hydrogen) atoms. The Morgan fingerprint density at radius 1 is 1.00 bits per heavy atom. The molecule has 2 saturated carbocycles. The highest BCUT2D eigenvalue weighted by Gasteiger charge is 2.57. The molecule has 1 aliphatic heterocycles. The topological polar surface area (TPSA) is 47.6 Å². The van der Waals surface area contributed by atoms with E-state index in [9.17, 15) is 0 Å². The molecule has 6 rings (SSSR count). The Hall–Kier alpha value is -1.87. The van der Waals surface area contributed by atoms with Crippen LogP contribution >= 0.6 is 0 Å². The summed E-state index contributed by atoms with van der Waals surface area (Å²) in [6.45, 7) is 12.5. The molecule has 0 unspecified atom stereocenters. The molecule has 3 nitrogen and oxygen atoms in total. The summed E-state index contributed by atoms with van der Waals surface area (Å²) in [5.41, 5.74) is 13.8. The lowest BCUT2D eigenvalue weighted by Gasteiger charge is -2.58. The van der Waals surface area contributed by atoms with E-state index in [0.29, 0.717) is 17.4 Å². The molecule has 0 saturated heterocycles. The summed E-state index contributed by atoms with van der Waals surface area (Å²) >= 11 is 0. The van der Waals surface area contributed by atoms with Crippen molar-refractivity contribution in [2.75, 3.05) is 0 Å². The first kappa shape index (κ1) is 22.6. The fourth-order valence-electron chi connectivity index (χ4n) is 8.64. The Balaban J connectivity index is 1.25. The van der Waals surface area contributed by atoms with Gasteiger partial charge in [-0.25, -0.2) is 0 Å². The van der Waals surface area contributed by atoms with Crippen molar-refractivity contribution in [1.82, 2.24) is 0 Å². The van der Waals surface area contributed by atoms with E-state index >= 15 is 0 Å². The molecule has 0 spiro atoms. The number of ether oxygens (including phenoxy) is 1. The summed E-state index contributed by atoms with van der Waals surface area (Å²) in [5, 5.41) is 0. The van der Waals surface area contributed by atoms with E-state index in [1.807, 2.05) is 0 Å². The normalized spacial score (nSPS) is 38.8. The van der Waals surface area contributed by atoms with Gasteiger partial charge in [-0.1, -0.05) is 43.7 Å². The monoisotopic (exact) mass is 458 g/mol. The van der Waals surface area contributed by atoms with Crippen LogP contribution < -0.4 is 5.73 Å². The van der Waals surface area contributed by atoms with E-state index in [1.165, 1.54) is 49.7 Å². The summed E-state index contributed by atoms with van der Waals surface area (Å²) < 4.78 is 6.43. The summed E-state index contributed by atoms with van der Waals surface area (Å²) in [5.74, 6) is 3.08. The molecule has 1 aromatic rings. The molecule has 2 N–H and O–H groups in total. The number of rotatable bonds is 2. The van der Waals surface area contributed by atoms with Crippen LogP contribution in [0.5, 0.6) is 0 Å². The third-order valence-corrected chi connectivity index (χ3v) is 10.3. The standard InChI is InChI=1S/C31H42N2O/c1-29(2,3)34-22-12-14-30(4)21(17-22)7-9-24-26-11-10-25(31(26,5)15-13-27(24)30)19-6-8-23-20(16-19)18-33-28(23)32/h6-8,10,16,22,24,26-27H,9,11-15,17-18H2,1-5H3,(H2,32,33)/t22-,24+,26+,27+,30+,31-/m1/s1. The molecule has 1 heterocycles. The van der Waals surface area contributed by atoms with Gasteiger partial charge in [0.15, 0.2) is 0 Å². The second-order valence-corrected chi connectivity index (χ2v) is 13.2. The van der Waals surface area contributed by atoms with Gasteiger partial charge in [-0.15, -0.1) is 0 Å². The number of fused-ring (bicyclic) bond motifs is 6. The van der Waals surface area contributed by atoms with E-state index < -0.39 is 0 Å². The molecule has 0 radical (unpaired) electrons. The average Bonchev–Trinajstić information content (AvgIpc) is 3.32. The summed E-state index contributed by atoms with van der Waals surface area (Å²) in [4.78, 5) is 4.45. The van der Waals surface area contributed by atoms with Crippen LogP contribution in [0.4, 0.5) is 0 Å². The number of benzene rings is 1. The number of amidine groups is 1. The highest BCUT2D eigenvalue weighted by molar-refractivity contribution is 6.01. The van der Waals surface area contributed by atoms with Gasteiger partial charge in [-0.05, 0) is 117 Å². The molecule has 182 valence electrons. The first-order valence-electron chi connectivity index (χ1n) is 13.6. The third kappa shape index (κ3) is 3.37. The van der Waals surface area contributed by atoms with E-state index in [4.69, 9.17) is 10.5 Å². The maximum absolute atomic E-state index is 6.43. The van der Waals surface area contributed by atoms with Crippen molar-refractivity contribution in [3.8, 4) is 0 Å². The van der Waals surface area contributed by atoms with Crippen molar-refractivity contribution >= 4 is 11.4 Å². The summed E-state index contributed by atoms with van der Waals surface area (Å²) in [7, 11) is 0. The predicted octanol–water partition coefficient (Wildman–Crippen LogP) is 7.05. The maximum Gasteiger partial charge on any atom is 0.126 e. The van der Waals surface area contributed by atoms with Crippen LogP contribution in [-0.2, 0) is 11.3 Å². The second kappa shape index (κ2) is 7.56. The van der Waals surface area contributed by atoms with Crippen LogP contribution in [0.15, 0.2) is 40.9 Å². The Bertz CT molecular complexity index is 1100. The van der Waals surface area contributed by atoms with Crippen molar-refractivity contribution in [3.63, 3.8) is 0 Å². The van der Waals surface area contributed by atoms with Gasteiger partial charge in [0.05, 0.1) is 18.2 Å². The molecule has 0 aromatic heterocycles. The molecular weight excluding hydrogens is 416 g/mol. The van der Waals surface area contributed by atoms with Gasteiger partial charge >= 0.3 is 0 Å². The van der Waals surface area contributed by atoms with Gasteiger partial charge in [-0.2, -0.15) is 0 Å². The lowest BCUT2D eigenvalue weighted by atomic mass is 9.47. The number of hydrogen-bond acceptors (Lipinski definition) is 3. The molecule has 6 atom stereocenters. The van der Waals surface area contributed by atoms with Crippen LogP contribution in [-0.4, -0.2) is 17.5 Å². The molecule has 4 aliphatic carbocycles. The van der Waals surface area contributed by atoms with E-state index in [1.54, 1.807) is 11.1 Å².